The molecule has 0 spiro atoms. The minimum Gasteiger partial charge on any atom is -0.464 e. The van der Waals surface area contributed by atoms with E-state index in [1.54, 1.807) is 42.9 Å². The van der Waals surface area contributed by atoms with Gasteiger partial charge in [0.2, 0.25) is 5.78 Å². The van der Waals surface area contributed by atoms with E-state index in [0.717, 1.165) is 28.4 Å². The first kappa shape index (κ1) is 46.5. The second kappa shape index (κ2) is 25.4. The second-order valence-corrected chi connectivity index (χ2v) is 14.2. The highest BCUT2D eigenvalue weighted by molar-refractivity contribution is 9.10. The van der Waals surface area contributed by atoms with Crippen LogP contribution in [0.2, 0.25) is 0 Å². The molecule has 0 saturated heterocycles. The molecule has 0 amide bonds. The van der Waals surface area contributed by atoms with Crippen molar-refractivity contribution in [3.05, 3.63) is 195 Å². The van der Waals surface area contributed by atoms with Crippen LogP contribution < -0.4 is 5.73 Å². The fourth-order valence-corrected chi connectivity index (χ4v) is 5.66. The molecule has 58 heavy (non-hydrogen) atoms. The zero-order chi connectivity index (χ0) is 42.3. The van der Waals surface area contributed by atoms with Crippen molar-refractivity contribution in [2.75, 3.05) is 20.8 Å². The largest absolute Gasteiger partial charge is 0.464 e. The normalized spacial score (nSPS) is 11.7. The molecule has 0 radical (unpaired) electrons. The number of rotatable bonds is 11. The molecule has 10 nitrogen and oxygen atoms in total. The van der Waals surface area contributed by atoms with Gasteiger partial charge in [0, 0.05) is 29.1 Å². The number of carbonyl (C=O) groups is 3. The molecule has 6 aromatic rings. The van der Waals surface area contributed by atoms with E-state index in [-0.39, 0.29) is 11.8 Å². The molecule has 11 heteroatoms. The number of nitrogens with zero attached hydrogens (tertiary/aromatic N) is 3. The summed E-state index contributed by atoms with van der Waals surface area (Å²) in [5.41, 5.74) is 12.6. The standard InChI is InChI=1S/2C16H17NO2.C8H11N.C7H6BrNO2/c1-12(14-6-4-3-5-7-14)10-13-8-9-15(17-11-13)16(18)19-2;1-12(14-5-3-2-4-6-14)9-13-7-8-15(17-10-13)16(19)11-18;1-7(9)8-5-3-2-4-6-8;1-11-7(10)6-3-2-5(8)4-9-6/h3-9,11-12H,10H2,1-2H3;2-8,10,12,18H,9,11H2,1H3;2-7H,9H2,1H3;2-4H,1H3/t2*12-;7-;/m001./s1. The number of hydrogen-bond donors (Lipinski definition) is 2. The molecule has 0 fully saturated rings. The van der Waals surface area contributed by atoms with E-state index >= 15 is 0 Å². The molecule has 3 aromatic carbocycles. The third kappa shape index (κ3) is 16.3. The van der Waals surface area contributed by atoms with Gasteiger partial charge in [-0.25, -0.2) is 19.6 Å². The van der Waals surface area contributed by atoms with E-state index in [2.05, 4.69) is 78.5 Å². The number of benzene rings is 3. The lowest BCUT2D eigenvalue weighted by Crippen LogP contribution is -2.07. The van der Waals surface area contributed by atoms with Gasteiger partial charge in [-0.2, -0.15) is 0 Å². The number of carbonyl (C=O) groups excluding carboxylic acids is 3. The van der Waals surface area contributed by atoms with E-state index in [1.807, 2.05) is 85.8 Å². The van der Waals surface area contributed by atoms with Crippen LogP contribution in [0.4, 0.5) is 0 Å². The first-order valence-corrected chi connectivity index (χ1v) is 19.5. The molecule has 0 bridgehead atoms. The number of esters is 2. The number of ether oxygens (including phenoxy) is 2. The Kier molecular flexibility index (Phi) is 20.4. The van der Waals surface area contributed by atoms with E-state index < -0.39 is 18.5 Å². The zero-order valence-electron chi connectivity index (χ0n) is 33.5. The molecule has 0 aliphatic heterocycles. The minimum absolute atomic E-state index is 0.159. The predicted molar refractivity (Wildman–Crippen MR) is 231 cm³/mol. The van der Waals surface area contributed by atoms with Gasteiger partial charge in [0.05, 0.1) is 14.2 Å². The van der Waals surface area contributed by atoms with Gasteiger partial charge < -0.3 is 20.3 Å². The van der Waals surface area contributed by atoms with Crippen LogP contribution in [0, 0.1) is 0 Å². The Labute approximate surface area is 349 Å². The molecule has 6 rings (SSSR count). The summed E-state index contributed by atoms with van der Waals surface area (Å²) in [4.78, 5) is 45.4. The number of hydrogen-bond acceptors (Lipinski definition) is 10. The number of pyridine rings is 3. The van der Waals surface area contributed by atoms with E-state index in [9.17, 15) is 14.4 Å². The van der Waals surface area contributed by atoms with Gasteiger partial charge in [-0.3, -0.25) is 9.78 Å². The Morgan fingerprint density at radius 3 is 1.26 bits per heavy atom. The summed E-state index contributed by atoms with van der Waals surface area (Å²) < 4.78 is 9.92. The Hall–Kier alpha value is -5.88. The van der Waals surface area contributed by atoms with Crippen LogP contribution in [0.25, 0.3) is 0 Å². The Morgan fingerprint density at radius 1 is 0.569 bits per heavy atom. The number of halogens is 1. The maximum atomic E-state index is 11.3. The van der Waals surface area contributed by atoms with E-state index in [0.29, 0.717) is 28.9 Å². The van der Waals surface area contributed by atoms with Crippen LogP contribution in [0.3, 0.4) is 0 Å². The molecule has 0 aliphatic rings. The first-order valence-electron chi connectivity index (χ1n) is 18.7. The lowest BCUT2D eigenvalue weighted by molar-refractivity contribution is 0.0585. The van der Waals surface area contributed by atoms with Crippen molar-refractivity contribution in [1.29, 1.82) is 0 Å². The number of ketones is 1. The van der Waals surface area contributed by atoms with Crippen LogP contribution in [-0.2, 0) is 22.3 Å². The smallest absolute Gasteiger partial charge is 0.356 e. The second-order valence-electron chi connectivity index (χ2n) is 13.3. The predicted octanol–water partition coefficient (Wildman–Crippen LogP) is 9.15. The van der Waals surface area contributed by atoms with Gasteiger partial charge >= 0.3 is 11.9 Å². The third-order valence-electron chi connectivity index (χ3n) is 8.74. The highest BCUT2D eigenvalue weighted by Gasteiger charge is 2.11. The summed E-state index contributed by atoms with van der Waals surface area (Å²) in [6.07, 6.45) is 6.78. The van der Waals surface area contributed by atoms with Crippen molar-refractivity contribution in [3.8, 4) is 0 Å². The molecule has 3 N–H and O–H groups in total. The van der Waals surface area contributed by atoms with E-state index in [1.165, 1.54) is 30.9 Å². The first-order chi connectivity index (χ1) is 27.9. The molecule has 3 heterocycles. The maximum Gasteiger partial charge on any atom is 0.356 e. The summed E-state index contributed by atoms with van der Waals surface area (Å²) in [6, 6.07) is 41.4. The summed E-state index contributed by atoms with van der Waals surface area (Å²) in [6.45, 7) is 5.84. The van der Waals surface area contributed by atoms with Crippen LogP contribution in [0.1, 0.15) is 97.9 Å². The number of methoxy groups -OCH3 is 2. The van der Waals surface area contributed by atoms with Gasteiger partial charge in [-0.05, 0) is 99.6 Å². The van der Waals surface area contributed by atoms with Crippen molar-refractivity contribution >= 4 is 33.7 Å². The number of aliphatic hydroxyl groups is 1. The van der Waals surface area contributed by atoms with Crippen molar-refractivity contribution in [3.63, 3.8) is 0 Å². The molecule has 0 aliphatic carbocycles. The maximum absolute atomic E-state index is 11.3. The van der Waals surface area contributed by atoms with E-state index in [4.69, 9.17) is 10.8 Å². The van der Waals surface area contributed by atoms with Gasteiger partial charge in [0.25, 0.3) is 0 Å². The monoisotopic (exact) mass is 846 g/mol. The highest BCUT2D eigenvalue weighted by Crippen LogP contribution is 2.21. The Bertz CT molecular complexity index is 1980. The van der Waals surface area contributed by atoms with Gasteiger partial charge in [0.1, 0.15) is 23.7 Å². The summed E-state index contributed by atoms with van der Waals surface area (Å²) >= 11 is 3.20. The van der Waals surface area contributed by atoms with Gasteiger partial charge in [-0.15, -0.1) is 0 Å². The molecule has 3 aromatic heterocycles. The van der Waals surface area contributed by atoms with Crippen LogP contribution in [0.5, 0.6) is 0 Å². The summed E-state index contributed by atoms with van der Waals surface area (Å²) in [7, 11) is 2.68. The summed E-state index contributed by atoms with van der Waals surface area (Å²) in [5.74, 6) is -0.336. The molecule has 3 atom stereocenters. The molecule has 0 unspecified atom stereocenters. The quantitative estimate of drug-likeness (QED) is 0.0953. The molecule has 302 valence electrons. The van der Waals surface area contributed by atoms with Crippen molar-refractivity contribution in [1.82, 2.24) is 15.0 Å². The number of Topliss-reactive ketones (excluding diaryl/α,β-unsaturated/α-hetero) is 1. The topological polar surface area (TPSA) is 155 Å². The van der Waals surface area contributed by atoms with Gasteiger partial charge in [-0.1, -0.05) is 117 Å². The number of aliphatic hydroxyl groups excluding tert-OH is 1. The third-order valence-corrected chi connectivity index (χ3v) is 9.21. The highest BCUT2D eigenvalue weighted by atomic mass is 79.9. The zero-order valence-corrected chi connectivity index (χ0v) is 35.1. The van der Waals surface area contributed by atoms with Crippen molar-refractivity contribution < 1.29 is 29.0 Å². The minimum atomic E-state index is -0.493. The Balaban J connectivity index is 0.000000217. The lowest BCUT2D eigenvalue weighted by Gasteiger charge is -2.11. The molecular weight excluding hydrogens is 796 g/mol. The van der Waals surface area contributed by atoms with Crippen molar-refractivity contribution in [2.45, 2.75) is 51.5 Å². The summed E-state index contributed by atoms with van der Waals surface area (Å²) in [5, 5.41) is 8.76. The van der Waals surface area contributed by atoms with Crippen LogP contribution in [0.15, 0.2) is 150 Å². The lowest BCUT2D eigenvalue weighted by atomic mass is 9.94. The average molecular weight is 848 g/mol. The number of nitrogens with two attached hydrogens (primary N) is 1. The fourth-order valence-electron chi connectivity index (χ4n) is 5.43. The Morgan fingerprint density at radius 2 is 0.948 bits per heavy atom. The van der Waals surface area contributed by atoms with Gasteiger partial charge in [0.15, 0.2) is 0 Å². The average Bonchev–Trinajstić information content (AvgIpc) is 3.28. The van der Waals surface area contributed by atoms with Crippen LogP contribution in [-0.4, -0.2) is 58.6 Å². The number of aromatic nitrogens is 3. The SMILES string of the molecule is COC(=O)c1ccc(Br)cn1.COC(=O)c1ccc(C[C@H](C)c2ccccc2)cn1.C[C@@H](Cc1ccc(C(=O)CO)nc1)c1ccccc1.C[C@@H](N)c1ccccc1. The fraction of sp³-hybridized carbons (Fsp3) is 0.234. The van der Waals surface area contributed by atoms with Crippen LogP contribution >= 0.6 is 15.9 Å². The molecule has 0 saturated carbocycles. The van der Waals surface area contributed by atoms with Crippen molar-refractivity contribution in [2.24, 2.45) is 5.73 Å². The molecular formula is C47H51BrN4O6.